The topological polar surface area (TPSA) is 71.3 Å². The van der Waals surface area contributed by atoms with Crippen molar-refractivity contribution in [3.05, 3.63) is 64.5 Å². The Morgan fingerprint density at radius 2 is 1.90 bits per heavy atom. The van der Waals surface area contributed by atoms with E-state index in [4.69, 9.17) is 4.42 Å². The van der Waals surface area contributed by atoms with E-state index in [-0.39, 0.29) is 5.76 Å². The van der Waals surface area contributed by atoms with Crippen LogP contribution in [0.1, 0.15) is 16.1 Å². The van der Waals surface area contributed by atoms with Crippen LogP contribution in [0.5, 0.6) is 0 Å². The lowest BCUT2D eigenvalue weighted by Crippen LogP contribution is -2.40. The van der Waals surface area contributed by atoms with Gasteiger partial charge in [-0.25, -0.2) is 0 Å². The van der Waals surface area contributed by atoms with E-state index in [0.717, 1.165) is 10.0 Å². The van der Waals surface area contributed by atoms with Gasteiger partial charge in [0.25, 0.3) is 5.91 Å². The highest BCUT2D eigenvalue weighted by Gasteiger charge is 2.08. The molecule has 0 radical (unpaired) electrons. The van der Waals surface area contributed by atoms with Crippen molar-refractivity contribution in [2.45, 2.75) is 0 Å². The largest absolute Gasteiger partial charge is 0.459 e. The summed E-state index contributed by atoms with van der Waals surface area (Å²) < 4.78 is 5.76. The first kappa shape index (κ1) is 14.1. The third kappa shape index (κ3) is 3.83. The number of halogens is 1. The molecule has 0 aliphatic carbocycles. The number of rotatable bonds is 3. The maximum absolute atomic E-state index is 11.5. The van der Waals surface area contributed by atoms with Gasteiger partial charge in [0.15, 0.2) is 5.76 Å². The Morgan fingerprint density at radius 3 is 2.60 bits per heavy atom. The minimum atomic E-state index is -0.516. The van der Waals surface area contributed by atoms with Crippen molar-refractivity contribution in [3.63, 3.8) is 0 Å². The Kier molecular flexibility index (Phi) is 4.73. The summed E-state index contributed by atoms with van der Waals surface area (Å²) >= 11 is 3.37. The predicted molar refractivity (Wildman–Crippen MR) is 77.5 cm³/mol. The highest BCUT2D eigenvalue weighted by Crippen LogP contribution is 2.16. The molecule has 5 nitrogen and oxygen atoms in total. The van der Waals surface area contributed by atoms with Crippen molar-refractivity contribution < 1.29 is 14.0 Å². The molecule has 6 heteroatoms. The molecule has 0 unspecified atom stereocenters. The number of carbonyl (C=O) groups excluding carboxylic acids is 2. The van der Waals surface area contributed by atoms with Crippen molar-refractivity contribution >= 4 is 33.8 Å². The molecule has 0 aliphatic rings. The smallest absolute Gasteiger partial charge is 0.305 e. The van der Waals surface area contributed by atoms with Gasteiger partial charge in [-0.3, -0.25) is 20.4 Å². The van der Waals surface area contributed by atoms with E-state index in [1.165, 1.54) is 18.4 Å². The third-order valence-electron chi connectivity index (χ3n) is 2.36. The first-order valence-electron chi connectivity index (χ1n) is 5.73. The average molecular weight is 335 g/mol. The second kappa shape index (κ2) is 6.72. The second-order valence-corrected chi connectivity index (χ2v) is 4.63. The maximum atomic E-state index is 11.5. The number of hydrazine groups is 1. The summed E-state index contributed by atoms with van der Waals surface area (Å²) in [7, 11) is 0. The van der Waals surface area contributed by atoms with Crippen molar-refractivity contribution in [2.75, 3.05) is 0 Å². The molecule has 2 N–H and O–H groups in total. The van der Waals surface area contributed by atoms with Gasteiger partial charge in [-0.15, -0.1) is 0 Å². The van der Waals surface area contributed by atoms with Gasteiger partial charge in [0.1, 0.15) is 0 Å². The van der Waals surface area contributed by atoms with Crippen LogP contribution < -0.4 is 10.9 Å². The Hall–Kier alpha value is -2.34. The number of hydrogen-bond donors (Lipinski definition) is 2. The fourth-order valence-electron chi connectivity index (χ4n) is 1.41. The molecule has 20 heavy (non-hydrogen) atoms. The minimum absolute atomic E-state index is 0.125. The van der Waals surface area contributed by atoms with Gasteiger partial charge in [0.2, 0.25) is 0 Å². The van der Waals surface area contributed by atoms with Crippen LogP contribution in [0.2, 0.25) is 0 Å². The monoisotopic (exact) mass is 334 g/mol. The van der Waals surface area contributed by atoms with Crippen molar-refractivity contribution in [3.8, 4) is 0 Å². The molecular formula is C14H11BrN2O3. The fourth-order valence-corrected chi connectivity index (χ4v) is 1.82. The molecule has 0 saturated heterocycles. The van der Waals surface area contributed by atoms with Crippen LogP contribution >= 0.6 is 15.9 Å². The zero-order chi connectivity index (χ0) is 14.4. The summed E-state index contributed by atoms with van der Waals surface area (Å²) in [6.07, 6.45) is 4.34. The molecule has 102 valence electrons. The molecule has 0 spiro atoms. The maximum Gasteiger partial charge on any atom is 0.305 e. The van der Waals surface area contributed by atoms with E-state index < -0.39 is 11.8 Å². The van der Waals surface area contributed by atoms with Crippen LogP contribution in [0.4, 0.5) is 0 Å². The molecule has 0 aliphatic heterocycles. The van der Waals surface area contributed by atoms with Crippen LogP contribution in [-0.2, 0) is 4.79 Å². The highest BCUT2D eigenvalue weighted by atomic mass is 79.9. The van der Waals surface area contributed by atoms with Crippen LogP contribution in [0.25, 0.3) is 6.08 Å². The molecule has 1 aromatic carbocycles. The van der Waals surface area contributed by atoms with Crippen LogP contribution in [0, 0.1) is 0 Å². The highest BCUT2D eigenvalue weighted by molar-refractivity contribution is 9.10. The molecule has 2 amide bonds. The number of carbonyl (C=O) groups is 2. The van der Waals surface area contributed by atoms with Gasteiger partial charge in [-0.1, -0.05) is 34.1 Å². The molecule has 0 fully saturated rings. The molecule has 1 aromatic heterocycles. The first-order valence-corrected chi connectivity index (χ1v) is 6.52. The van der Waals surface area contributed by atoms with Gasteiger partial charge >= 0.3 is 5.91 Å². The fraction of sp³-hybridized carbons (Fsp3) is 0. The number of hydrogen-bond acceptors (Lipinski definition) is 3. The van der Waals surface area contributed by atoms with Crippen LogP contribution in [-0.4, -0.2) is 11.8 Å². The van der Waals surface area contributed by atoms with Crippen molar-refractivity contribution in [1.29, 1.82) is 0 Å². The Bertz CT molecular complexity index is 636. The van der Waals surface area contributed by atoms with E-state index in [2.05, 4.69) is 26.8 Å². The standard InChI is InChI=1S/C14H11BrN2O3/c15-11-5-2-1-4-10(11)7-8-13(18)16-17-14(19)12-6-3-9-20-12/h1-9H,(H,16,18)(H,17,19). The molecule has 1 heterocycles. The van der Waals surface area contributed by atoms with E-state index in [9.17, 15) is 9.59 Å². The second-order valence-electron chi connectivity index (χ2n) is 3.78. The number of furan rings is 1. The lowest BCUT2D eigenvalue weighted by atomic mass is 10.2. The zero-order valence-corrected chi connectivity index (χ0v) is 11.9. The predicted octanol–water partition coefficient (Wildman–Crippen LogP) is 2.52. The normalized spacial score (nSPS) is 10.4. The number of benzene rings is 1. The van der Waals surface area contributed by atoms with Crippen LogP contribution in [0.15, 0.2) is 57.6 Å². The SMILES string of the molecule is O=C(C=Cc1ccccc1Br)NNC(=O)c1ccco1. The van der Waals surface area contributed by atoms with Gasteiger partial charge in [-0.2, -0.15) is 0 Å². The lowest BCUT2D eigenvalue weighted by molar-refractivity contribution is -0.117. The summed E-state index contributed by atoms with van der Waals surface area (Å²) in [6, 6.07) is 10.6. The first-order chi connectivity index (χ1) is 9.66. The van der Waals surface area contributed by atoms with Crippen molar-refractivity contribution in [2.24, 2.45) is 0 Å². The molecular weight excluding hydrogens is 324 g/mol. The lowest BCUT2D eigenvalue weighted by Gasteiger charge is -2.02. The number of nitrogens with one attached hydrogen (secondary N) is 2. The molecule has 0 saturated carbocycles. The average Bonchev–Trinajstić information content (AvgIpc) is 2.98. The summed E-state index contributed by atoms with van der Waals surface area (Å²) in [5.41, 5.74) is 5.36. The van der Waals surface area contributed by atoms with E-state index in [1.54, 1.807) is 12.1 Å². The van der Waals surface area contributed by atoms with E-state index in [1.807, 2.05) is 24.3 Å². The molecule has 0 bridgehead atoms. The van der Waals surface area contributed by atoms with Gasteiger partial charge in [0.05, 0.1) is 6.26 Å². The Labute approximate surface area is 123 Å². The molecule has 2 aromatic rings. The summed E-state index contributed by atoms with van der Waals surface area (Å²) in [6.45, 7) is 0. The molecule has 0 atom stereocenters. The third-order valence-corrected chi connectivity index (χ3v) is 3.09. The van der Waals surface area contributed by atoms with E-state index in [0.29, 0.717) is 0 Å². The van der Waals surface area contributed by atoms with Gasteiger partial charge in [0, 0.05) is 10.5 Å². The number of amides is 2. The van der Waals surface area contributed by atoms with E-state index >= 15 is 0 Å². The summed E-state index contributed by atoms with van der Waals surface area (Å²) in [5.74, 6) is -0.835. The van der Waals surface area contributed by atoms with Crippen molar-refractivity contribution in [1.82, 2.24) is 10.9 Å². The molecule has 2 rings (SSSR count). The van der Waals surface area contributed by atoms with Gasteiger partial charge in [-0.05, 0) is 29.8 Å². The zero-order valence-electron chi connectivity index (χ0n) is 10.3. The van der Waals surface area contributed by atoms with Crippen LogP contribution in [0.3, 0.4) is 0 Å². The Morgan fingerprint density at radius 1 is 1.10 bits per heavy atom. The quantitative estimate of drug-likeness (QED) is 0.669. The minimum Gasteiger partial charge on any atom is -0.459 e. The summed E-state index contributed by atoms with van der Waals surface area (Å²) in [4.78, 5) is 23.0. The Balaban J connectivity index is 1.87. The van der Waals surface area contributed by atoms with Gasteiger partial charge < -0.3 is 4.42 Å². The summed E-state index contributed by atoms with van der Waals surface area (Å²) in [5, 5.41) is 0.